The fraction of sp³-hybridized carbons (Fsp3) is 0.452. The lowest BCUT2D eigenvalue weighted by Gasteiger charge is -2.38. The van der Waals surface area contributed by atoms with Crippen molar-refractivity contribution in [3.05, 3.63) is 52.9 Å². The summed E-state index contributed by atoms with van der Waals surface area (Å²) in [6, 6.07) is 15.5. The van der Waals surface area contributed by atoms with E-state index < -0.39 is 0 Å². The average Bonchev–Trinajstić information content (AvgIpc) is 3.63. The number of carbonyl (C=O) groups excluding carboxylic acids is 1. The number of aryl methyl sites for hydroxylation is 1. The second-order valence-corrected chi connectivity index (χ2v) is 12.4. The number of nitrogens with zero attached hydrogens (tertiary/aromatic N) is 1. The summed E-state index contributed by atoms with van der Waals surface area (Å²) in [5, 5.41) is 5.97. The topological polar surface area (TPSA) is 92.6 Å². The highest BCUT2D eigenvalue weighted by Crippen LogP contribution is 2.50. The van der Waals surface area contributed by atoms with Gasteiger partial charge in [-0.05, 0) is 68.2 Å². The van der Waals surface area contributed by atoms with Gasteiger partial charge in [0, 0.05) is 63.2 Å². The zero-order chi connectivity index (χ0) is 26.3. The molecule has 1 saturated heterocycles. The van der Waals surface area contributed by atoms with Gasteiger partial charge in [-0.15, -0.1) is 11.3 Å². The summed E-state index contributed by atoms with van der Waals surface area (Å²) in [7, 11) is 0. The summed E-state index contributed by atoms with van der Waals surface area (Å²) < 4.78 is 13.7. The van der Waals surface area contributed by atoms with Crippen LogP contribution in [-0.4, -0.2) is 54.2 Å². The molecule has 1 aliphatic heterocycles. The number of carbonyl (C=O) groups is 1. The van der Waals surface area contributed by atoms with Crippen LogP contribution in [-0.2, 0) is 16.0 Å². The van der Waals surface area contributed by atoms with Gasteiger partial charge < -0.3 is 25.5 Å². The van der Waals surface area contributed by atoms with Gasteiger partial charge in [-0.3, -0.25) is 9.69 Å². The molecule has 0 unspecified atom stereocenters. The van der Waals surface area contributed by atoms with Crippen molar-refractivity contribution in [3.8, 4) is 5.75 Å². The second kappa shape index (κ2) is 10.5. The maximum Gasteiger partial charge on any atom is 0.218 e. The standard InChI is InChI=1S/C31H36N4O3S/c32-28(36)15-20-5-10-26-30(20)31-25(38-23-8-6-22(7-9-23)35-11-13-37-14-12-35)17-21(18-27(31)39-26)33-29-16-19-3-1-2-4-24(19)34-29/h1-4,16-18,20,22-23,33-34H,5-15H2,(H2,32,36)/t20-,22-,23-/m1/s1. The number of aromatic amines is 1. The number of para-hydroxylation sites is 1. The Morgan fingerprint density at radius 3 is 2.72 bits per heavy atom. The molecule has 7 rings (SSSR count). The molecule has 2 aliphatic carbocycles. The summed E-state index contributed by atoms with van der Waals surface area (Å²) in [6.45, 7) is 3.78. The van der Waals surface area contributed by atoms with Gasteiger partial charge in [0.25, 0.3) is 0 Å². The van der Waals surface area contributed by atoms with E-state index >= 15 is 0 Å². The molecule has 3 heterocycles. The Labute approximate surface area is 232 Å². The van der Waals surface area contributed by atoms with E-state index in [0.717, 1.165) is 87.6 Å². The van der Waals surface area contributed by atoms with Gasteiger partial charge in [0.1, 0.15) is 11.6 Å². The first-order chi connectivity index (χ1) is 19.1. The maximum atomic E-state index is 11.9. The predicted octanol–water partition coefficient (Wildman–Crippen LogP) is 6.05. The monoisotopic (exact) mass is 544 g/mol. The van der Waals surface area contributed by atoms with Gasteiger partial charge in [0.15, 0.2) is 0 Å². The van der Waals surface area contributed by atoms with Crippen molar-refractivity contribution in [3.63, 3.8) is 0 Å². The first kappa shape index (κ1) is 24.9. The van der Waals surface area contributed by atoms with Crippen LogP contribution in [0.1, 0.15) is 54.9 Å². The third-order valence-corrected chi connectivity index (χ3v) is 9.97. The van der Waals surface area contributed by atoms with Crippen LogP contribution in [0.25, 0.3) is 21.0 Å². The third-order valence-electron chi connectivity index (χ3n) is 8.75. The van der Waals surface area contributed by atoms with Crippen molar-refractivity contribution >= 4 is 49.7 Å². The number of nitrogens with one attached hydrogen (secondary N) is 2. The number of hydrogen-bond acceptors (Lipinski definition) is 6. The second-order valence-electron chi connectivity index (χ2n) is 11.3. The molecule has 2 aromatic heterocycles. The Bertz CT molecular complexity index is 1460. The fourth-order valence-electron chi connectivity index (χ4n) is 6.89. The number of primary amides is 1. The Balaban J connectivity index is 1.19. The number of morpholine rings is 1. The highest BCUT2D eigenvalue weighted by atomic mass is 32.1. The van der Waals surface area contributed by atoms with E-state index in [1.54, 1.807) is 0 Å². The number of anilines is 2. The summed E-state index contributed by atoms with van der Waals surface area (Å²) in [4.78, 5) is 19.3. The number of nitrogens with two attached hydrogens (primary N) is 1. The lowest BCUT2D eigenvalue weighted by Crippen LogP contribution is -2.46. The molecule has 1 saturated carbocycles. The number of aromatic nitrogens is 1. The molecule has 2 aromatic carbocycles. The van der Waals surface area contributed by atoms with Crippen LogP contribution in [0.5, 0.6) is 5.75 Å². The van der Waals surface area contributed by atoms with Crippen LogP contribution in [0.3, 0.4) is 0 Å². The van der Waals surface area contributed by atoms with E-state index in [9.17, 15) is 4.79 Å². The molecule has 0 radical (unpaired) electrons. The van der Waals surface area contributed by atoms with Crippen molar-refractivity contribution in [2.24, 2.45) is 5.73 Å². The molecule has 1 amide bonds. The minimum Gasteiger partial charge on any atom is -0.490 e. The smallest absolute Gasteiger partial charge is 0.218 e. The van der Waals surface area contributed by atoms with E-state index in [-0.39, 0.29) is 17.9 Å². The number of amides is 1. The number of rotatable bonds is 7. The van der Waals surface area contributed by atoms with Crippen molar-refractivity contribution in [2.75, 3.05) is 31.6 Å². The van der Waals surface area contributed by atoms with Gasteiger partial charge in [0.05, 0.1) is 19.3 Å². The number of ether oxygens (including phenoxy) is 2. The highest BCUT2D eigenvalue weighted by molar-refractivity contribution is 7.19. The Hall–Kier alpha value is -3.07. The molecule has 1 atom stereocenters. The molecule has 8 heteroatoms. The molecule has 4 N–H and O–H groups in total. The summed E-state index contributed by atoms with van der Waals surface area (Å²) in [6.07, 6.45) is 7.01. The molecular formula is C31H36N4O3S. The normalized spacial score (nSPS) is 23.7. The van der Waals surface area contributed by atoms with Crippen LogP contribution in [0.2, 0.25) is 0 Å². The number of benzene rings is 2. The highest BCUT2D eigenvalue weighted by Gasteiger charge is 2.32. The molecule has 3 aliphatic rings. The predicted molar refractivity (Wildman–Crippen MR) is 157 cm³/mol. The van der Waals surface area contributed by atoms with Gasteiger partial charge in [-0.2, -0.15) is 0 Å². The van der Waals surface area contributed by atoms with Crippen LogP contribution in [0, 0.1) is 0 Å². The quantitative estimate of drug-likeness (QED) is 0.263. The molecule has 2 fully saturated rings. The molecule has 0 bridgehead atoms. The van der Waals surface area contributed by atoms with Gasteiger partial charge in [0.2, 0.25) is 5.91 Å². The van der Waals surface area contributed by atoms with Gasteiger partial charge >= 0.3 is 0 Å². The van der Waals surface area contributed by atoms with E-state index in [1.165, 1.54) is 25.9 Å². The van der Waals surface area contributed by atoms with Gasteiger partial charge in [-0.1, -0.05) is 18.2 Å². The van der Waals surface area contributed by atoms with Crippen LogP contribution in [0.15, 0.2) is 42.5 Å². The molecule has 204 valence electrons. The van der Waals surface area contributed by atoms with Crippen LogP contribution in [0.4, 0.5) is 11.5 Å². The van der Waals surface area contributed by atoms with E-state index in [2.05, 4.69) is 51.6 Å². The number of fused-ring (bicyclic) bond motifs is 4. The Kier molecular flexibility index (Phi) is 6.70. The number of hydrogen-bond donors (Lipinski definition) is 3. The molecule has 0 spiro atoms. The van der Waals surface area contributed by atoms with Crippen molar-refractivity contribution in [1.82, 2.24) is 9.88 Å². The summed E-state index contributed by atoms with van der Waals surface area (Å²) in [5.74, 6) is 1.85. The lowest BCUT2D eigenvalue weighted by atomic mass is 9.91. The zero-order valence-corrected chi connectivity index (χ0v) is 23.0. The van der Waals surface area contributed by atoms with Gasteiger partial charge in [-0.25, -0.2) is 0 Å². The van der Waals surface area contributed by atoms with E-state index in [1.807, 2.05) is 17.4 Å². The molecule has 4 aromatic rings. The summed E-state index contributed by atoms with van der Waals surface area (Å²) in [5.41, 5.74) is 9.07. The van der Waals surface area contributed by atoms with Crippen LogP contribution >= 0.6 is 11.3 Å². The van der Waals surface area contributed by atoms with Crippen LogP contribution < -0.4 is 15.8 Å². The van der Waals surface area contributed by atoms with Crippen molar-refractivity contribution in [1.29, 1.82) is 0 Å². The number of thiophene rings is 1. The van der Waals surface area contributed by atoms with E-state index in [0.29, 0.717) is 12.5 Å². The Morgan fingerprint density at radius 1 is 1.10 bits per heavy atom. The lowest BCUT2D eigenvalue weighted by molar-refractivity contribution is -0.118. The summed E-state index contributed by atoms with van der Waals surface area (Å²) >= 11 is 1.84. The Morgan fingerprint density at radius 2 is 1.92 bits per heavy atom. The molecule has 39 heavy (non-hydrogen) atoms. The minimum absolute atomic E-state index is 0.179. The molecular weight excluding hydrogens is 508 g/mol. The largest absolute Gasteiger partial charge is 0.490 e. The first-order valence-electron chi connectivity index (χ1n) is 14.3. The third kappa shape index (κ3) is 5.01. The molecule has 7 nitrogen and oxygen atoms in total. The van der Waals surface area contributed by atoms with Crippen molar-refractivity contribution in [2.45, 2.75) is 63.0 Å². The zero-order valence-electron chi connectivity index (χ0n) is 22.2. The van der Waals surface area contributed by atoms with Crippen molar-refractivity contribution < 1.29 is 14.3 Å². The van der Waals surface area contributed by atoms with E-state index in [4.69, 9.17) is 15.2 Å². The first-order valence-corrected chi connectivity index (χ1v) is 15.1. The minimum atomic E-state index is -0.229. The number of H-pyrrole nitrogens is 1. The average molecular weight is 545 g/mol. The maximum absolute atomic E-state index is 11.9. The fourth-order valence-corrected chi connectivity index (χ4v) is 8.25. The SMILES string of the molecule is NC(=O)C[C@H]1CCc2sc3cc(Nc4cc5ccccc5[nH]4)cc(O[C@H]4CC[C@H](N5CCOCC5)CC4)c3c21.